The molecule has 0 saturated carbocycles. The van der Waals surface area contributed by atoms with Crippen LogP contribution in [0.25, 0.3) is 10.2 Å². The first-order valence-corrected chi connectivity index (χ1v) is 7.03. The Balaban J connectivity index is 2.31. The van der Waals surface area contributed by atoms with Crippen LogP contribution in [0, 0.1) is 6.92 Å². The number of nitrogens with zero attached hydrogens (tertiary/aromatic N) is 1. The highest BCUT2D eigenvalue weighted by molar-refractivity contribution is 7.22. The van der Waals surface area contributed by atoms with E-state index in [1.165, 1.54) is 10.3 Å². The quantitative estimate of drug-likeness (QED) is 0.855. The van der Waals surface area contributed by atoms with Gasteiger partial charge in [0.05, 0.1) is 10.2 Å². The maximum absolute atomic E-state index is 4.66. The minimum Gasteiger partial charge on any atom is -0.356 e. The minimum atomic E-state index is 0.156. The number of hydrogen-bond donors (Lipinski definition) is 1. The SMILES string of the molecule is CCC(C)(CC)Nc1nc2cc(C)ccc2s1. The monoisotopic (exact) mass is 248 g/mol. The molecule has 0 aliphatic carbocycles. The number of anilines is 1. The first-order valence-electron chi connectivity index (χ1n) is 6.21. The summed E-state index contributed by atoms with van der Waals surface area (Å²) >= 11 is 1.74. The Morgan fingerprint density at radius 1 is 1.29 bits per heavy atom. The molecule has 0 unspecified atom stereocenters. The molecule has 17 heavy (non-hydrogen) atoms. The van der Waals surface area contributed by atoms with Crippen molar-refractivity contribution in [2.75, 3.05) is 5.32 Å². The second-order valence-electron chi connectivity index (χ2n) is 4.88. The average molecular weight is 248 g/mol. The van der Waals surface area contributed by atoms with Crippen LogP contribution in [0.4, 0.5) is 5.13 Å². The third kappa shape index (κ3) is 2.60. The molecule has 0 aliphatic heterocycles. The molecule has 92 valence electrons. The smallest absolute Gasteiger partial charge is 0.184 e. The van der Waals surface area contributed by atoms with Gasteiger partial charge in [0.25, 0.3) is 0 Å². The van der Waals surface area contributed by atoms with Crippen molar-refractivity contribution >= 4 is 26.7 Å². The van der Waals surface area contributed by atoms with Crippen LogP contribution < -0.4 is 5.32 Å². The van der Waals surface area contributed by atoms with Gasteiger partial charge in [-0.3, -0.25) is 0 Å². The van der Waals surface area contributed by atoms with Gasteiger partial charge in [0.2, 0.25) is 0 Å². The van der Waals surface area contributed by atoms with Crippen LogP contribution in [0.5, 0.6) is 0 Å². The van der Waals surface area contributed by atoms with Crippen molar-refractivity contribution in [2.45, 2.75) is 46.1 Å². The van der Waals surface area contributed by atoms with Gasteiger partial charge in [0.1, 0.15) is 0 Å². The van der Waals surface area contributed by atoms with Gasteiger partial charge in [-0.05, 0) is 44.4 Å². The fourth-order valence-corrected chi connectivity index (χ4v) is 2.77. The summed E-state index contributed by atoms with van der Waals surface area (Å²) in [7, 11) is 0. The highest BCUT2D eigenvalue weighted by atomic mass is 32.1. The van der Waals surface area contributed by atoms with E-state index in [9.17, 15) is 0 Å². The molecule has 0 amide bonds. The molecule has 0 aliphatic rings. The summed E-state index contributed by atoms with van der Waals surface area (Å²) in [6.45, 7) is 8.79. The molecule has 0 radical (unpaired) electrons. The van der Waals surface area contributed by atoms with E-state index in [2.05, 4.69) is 56.2 Å². The number of fused-ring (bicyclic) bond motifs is 1. The Labute approximate surface area is 107 Å². The van der Waals surface area contributed by atoms with Crippen molar-refractivity contribution in [3.05, 3.63) is 23.8 Å². The van der Waals surface area contributed by atoms with Gasteiger partial charge in [-0.2, -0.15) is 0 Å². The van der Waals surface area contributed by atoms with Crippen molar-refractivity contribution < 1.29 is 0 Å². The number of nitrogens with one attached hydrogen (secondary N) is 1. The molecule has 2 aromatic rings. The third-order valence-electron chi connectivity index (χ3n) is 3.51. The van der Waals surface area contributed by atoms with Gasteiger partial charge in [0.15, 0.2) is 5.13 Å². The molecule has 2 nitrogen and oxygen atoms in total. The van der Waals surface area contributed by atoms with E-state index in [1.807, 2.05) is 0 Å². The van der Waals surface area contributed by atoms with Crippen molar-refractivity contribution in [1.82, 2.24) is 4.98 Å². The topological polar surface area (TPSA) is 24.9 Å². The lowest BCUT2D eigenvalue weighted by molar-refractivity contribution is 0.478. The summed E-state index contributed by atoms with van der Waals surface area (Å²) in [6.07, 6.45) is 2.22. The third-order valence-corrected chi connectivity index (χ3v) is 4.46. The van der Waals surface area contributed by atoms with Crippen LogP contribution in [-0.4, -0.2) is 10.5 Å². The molecule has 0 bridgehead atoms. The number of aryl methyl sites for hydroxylation is 1. The van der Waals surface area contributed by atoms with Gasteiger partial charge < -0.3 is 5.32 Å². The van der Waals surface area contributed by atoms with E-state index in [-0.39, 0.29) is 5.54 Å². The molecule has 0 spiro atoms. The molecule has 3 heteroatoms. The summed E-state index contributed by atoms with van der Waals surface area (Å²) in [6, 6.07) is 6.44. The fourth-order valence-electron chi connectivity index (χ4n) is 1.78. The highest BCUT2D eigenvalue weighted by Crippen LogP contribution is 2.30. The molecule has 1 aromatic carbocycles. The lowest BCUT2D eigenvalue weighted by atomic mass is 9.96. The summed E-state index contributed by atoms with van der Waals surface area (Å²) < 4.78 is 1.26. The Morgan fingerprint density at radius 2 is 2.00 bits per heavy atom. The van der Waals surface area contributed by atoms with E-state index < -0.39 is 0 Å². The lowest BCUT2D eigenvalue weighted by Crippen LogP contribution is -2.32. The summed E-state index contributed by atoms with van der Waals surface area (Å²) in [4.78, 5) is 4.66. The first-order chi connectivity index (χ1) is 8.06. The Hall–Kier alpha value is -1.09. The fraction of sp³-hybridized carbons (Fsp3) is 0.500. The van der Waals surface area contributed by atoms with Crippen molar-refractivity contribution in [3.8, 4) is 0 Å². The minimum absolute atomic E-state index is 0.156. The van der Waals surface area contributed by atoms with Crippen LogP contribution in [0.2, 0.25) is 0 Å². The predicted octanol–water partition coefficient (Wildman–Crippen LogP) is 4.60. The number of hydrogen-bond acceptors (Lipinski definition) is 3. The molecule has 1 aromatic heterocycles. The number of rotatable bonds is 4. The Morgan fingerprint density at radius 3 is 2.65 bits per heavy atom. The molecular formula is C14H20N2S. The molecule has 0 atom stereocenters. The summed E-state index contributed by atoms with van der Waals surface area (Å²) in [5, 5.41) is 4.61. The van der Waals surface area contributed by atoms with Gasteiger partial charge in [-0.25, -0.2) is 4.98 Å². The molecular weight excluding hydrogens is 228 g/mol. The van der Waals surface area contributed by atoms with Crippen molar-refractivity contribution in [2.24, 2.45) is 0 Å². The van der Waals surface area contributed by atoms with Crippen molar-refractivity contribution in [3.63, 3.8) is 0 Å². The molecule has 0 saturated heterocycles. The second kappa shape index (κ2) is 4.65. The maximum Gasteiger partial charge on any atom is 0.184 e. The van der Waals surface area contributed by atoms with Crippen LogP contribution in [0.1, 0.15) is 39.2 Å². The van der Waals surface area contributed by atoms with Crippen LogP contribution in [0.15, 0.2) is 18.2 Å². The highest BCUT2D eigenvalue weighted by Gasteiger charge is 2.20. The molecule has 2 rings (SSSR count). The zero-order valence-corrected chi connectivity index (χ0v) is 11.8. The van der Waals surface area contributed by atoms with Gasteiger partial charge in [-0.1, -0.05) is 31.3 Å². The van der Waals surface area contributed by atoms with E-state index >= 15 is 0 Å². The standard InChI is InChI=1S/C14H20N2S/c1-5-14(4,6-2)16-13-15-11-9-10(3)7-8-12(11)17-13/h7-9H,5-6H2,1-4H3,(H,15,16). The molecule has 1 heterocycles. The number of aromatic nitrogens is 1. The maximum atomic E-state index is 4.66. The van der Waals surface area contributed by atoms with Crippen LogP contribution in [0.3, 0.4) is 0 Å². The summed E-state index contributed by atoms with van der Waals surface area (Å²) in [5.74, 6) is 0. The van der Waals surface area contributed by atoms with Crippen molar-refractivity contribution in [1.29, 1.82) is 0 Å². The largest absolute Gasteiger partial charge is 0.356 e. The normalized spacial score (nSPS) is 12.0. The number of benzene rings is 1. The Bertz CT molecular complexity index is 512. The van der Waals surface area contributed by atoms with Gasteiger partial charge >= 0.3 is 0 Å². The Kier molecular flexibility index (Phi) is 3.38. The molecule has 0 fully saturated rings. The van der Waals surface area contributed by atoms with Crippen LogP contribution in [-0.2, 0) is 0 Å². The zero-order valence-electron chi connectivity index (χ0n) is 11.0. The van der Waals surface area contributed by atoms with E-state index in [0.717, 1.165) is 23.5 Å². The average Bonchev–Trinajstić information content (AvgIpc) is 2.70. The van der Waals surface area contributed by atoms with E-state index in [0.29, 0.717) is 0 Å². The second-order valence-corrected chi connectivity index (χ2v) is 5.91. The van der Waals surface area contributed by atoms with E-state index in [1.54, 1.807) is 11.3 Å². The first kappa shape index (κ1) is 12.4. The van der Waals surface area contributed by atoms with Crippen LogP contribution >= 0.6 is 11.3 Å². The number of thiazole rings is 1. The molecule has 1 N–H and O–H groups in total. The predicted molar refractivity (Wildman–Crippen MR) is 77.0 cm³/mol. The van der Waals surface area contributed by atoms with Gasteiger partial charge in [0, 0.05) is 5.54 Å². The van der Waals surface area contributed by atoms with Gasteiger partial charge in [-0.15, -0.1) is 0 Å². The van der Waals surface area contributed by atoms with E-state index in [4.69, 9.17) is 0 Å². The zero-order chi connectivity index (χ0) is 12.5. The summed E-state index contributed by atoms with van der Waals surface area (Å²) in [5.41, 5.74) is 2.53. The lowest BCUT2D eigenvalue weighted by Gasteiger charge is -2.27.